The van der Waals surface area contributed by atoms with Gasteiger partial charge in [-0.2, -0.15) is 0 Å². The standard InChI is InChI=1S/C29H28Br2N2O12Si/c1-4-42-46(43-5-2,44-6-3)13-9-12-41-28-21(33(39)40)15-19-22(16-10-7-8-11-17(16)29(35)36)18-14-20(32(37)38)25(34)23(30)26(18)45-27(19)24(28)31/h7-8,10-11,14-15H,4-6,9,12-13H2,1-3H3,(H,35,36). The van der Waals surface area contributed by atoms with E-state index in [1.807, 2.05) is 20.8 Å². The Morgan fingerprint density at radius 2 is 1.54 bits per heavy atom. The smallest absolute Gasteiger partial charge is 0.486 e. The molecule has 0 radical (unpaired) electrons. The first-order valence-electron chi connectivity index (χ1n) is 14.0. The summed E-state index contributed by atoms with van der Waals surface area (Å²) >= 11 is 6.50. The second-order valence-corrected chi connectivity index (χ2v) is 13.9. The average molecular weight is 784 g/mol. The number of fused-ring (bicyclic) bond motifs is 2. The Hall–Kier alpha value is -3.74. The molecule has 1 N–H and O–H groups in total. The summed E-state index contributed by atoms with van der Waals surface area (Å²) in [6, 6.07) is 8.31. The predicted molar refractivity (Wildman–Crippen MR) is 176 cm³/mol. The lowest BCUT2D eigenvalue weighted by Crippen LogP contribution is -2.46. The molecule has 0 saturated heterocycles. The summed E-state index contributed by atoms with van der Waals surface area (Å²) in [6.45, 7) is 6.61. The van der Waals surface area contributed by atoms with E-state index in [0.717, 1.165) is 12.1 Å². The normalized spacial score (nSPS) is 11.7. The molecule has 0 atom stereocenters. The number of non-ortho nitro benzene ring substituents is 1. The molecule has 2 aliphatic rings. The van der Waals surface area contributed by atoms with Gasteiger partial charge in [0.25, 0.3) is 5.43 Å². The monoisotopic (exact) mass is 782 g/mol. The Morgan fingerprint density at radius 3 is 2.11 bits per heavy atom. The highest BCUT2D eigenvalue weighted by atomic mass is 79.9. The molecule has 1 aliphatic carbocycles. The Balaban J connectivity index is 1.96. The van der Waals surface area contributed by atoms with Gasteiger partial charge in [-0.3, -0.25) is 25.0 Å². The molecular formula is C29H28Br2N2O12Si. The van der Waals surface area contributed by atoms with Crippen LogP contribution in [0.15, 0.2) is 54.6 Å². The minimum Gasteiger partial charge on any atom is -0.486 e. The number of benzene rings is 3. The third-order valence-electron chi connectivity index (χ3n) is 6.84. The van der Waals surface area contributed by atoms with Gasteiger partial charge in [0.05, 0.1) is 22.0 Å². The maximum absolute atomic E-state index is 12.9. The third kappa shape index (κ3) is 6.84. The summed E-state index contributed by atoms with van der Waals surface area (Å²) in [5.41, 5.74) is -2.35. The number of carboxylic acid groups (broad SMARTS) is 1. The quantitative estimate of drug-likeness (QED) is 0.0413. The van der Waals surface area contributed by atoms with Crippen molar-refractivity contribution in [1.82, 2.24) is 0 Å². The van der Waals surface area contributed by atoms with Gasteiger partial charge in [-0.15, -0.1) is 0 Å². The zero-order chi connectivity index (χ0) is 33.8. The van der Waals surface area contributed by atoms with E-state index in [2.05, 4.69) is 31.9 Å². The van der Waals surface area contributed by atoms with Crippen molar-refractivity contribution >= 4 is 69.0 Å². The van der Waals surface area contributed by atoms with E-state index < -0.39 is 41.4 Å². The first-order valence-corrected chi connectivity index (χ1v) is 17.5. The van der Waals surface area contributed by atoms with Gasteiger partial charge in [-0.05, 0) is 70.7 Å². The molecule has 1 aliphatic heterocycles. The summed E-state index contributed by atoms with van der Waals surface area (Å²) in [5, 5.41) is 34.2. The molecule has 0 aromatic heterocycles. The van der Waals surface area contributed by atoms with Gasteiger partial charge in [-0.25, -0.2) is 4.79 Å². The van der Waals surface area contributed by atoms with Crippen molar-refractivity contribution < 1.29 is 42.2 Å². The van der Waals surface area contributed by atoms with Gasteiger partial charge in [0.1, 0.15) is 8.95 Å². The number of nitrogens with zero attached hydrogens (tertiary/aromatic N) is 2. The van der Waals surface area contributed by atoms with Crippen molar-refractivity contribution in [2.75, 3.05) is 26.4 Å². The predicted octanol–water partition coefficient (Wildman–Crippen LogP) is 7.42. The minimum atomic E-state index is -3.02. The van der Waals surface area contributed by atoms with E-state index in [4.69, 9.17) is 22.4 Å². The molecule has 2 aromatic carbocycles. The molecule has 0 saturated carbocycles. The lowest BCUT2D eigenvalue weighted by atomic mass is 9.90. The fourth-order valence-corrected chi connectivity index (χ4v) is 8.76. The maximum Gasteiger partial charge on any atom is 0.501 e. The van der Waals surface area contributed by atoms with Crippen molar-refractivity contribution in [1.29, 1.82) is 0 Å². The zero-order valence-corrected chi connectivity index (χ0v) is 29.0. The van der Waals surface area contributed by atoms with Crippen molar-refractivity contribution in [3.63, 3.8) is 0 Å². The topological polar surface area (TPSA) is 191 Å². The summed E-state index contributed by atoms with van der Waals surface area (Å²) in [5.74, 6) is -1.64. The first kappa shape index (κ1) is 35.1. The Bertz CT molecular complexity index is 1830. The van der Waals surface area contributed by atoms with E-state index in [9.17, 15) is 34.9 Å². The summed E-state index contributed by atoms with van der Waals surface area (Å²) < 4.78 is 29.4. The largest absolute Gasteiger partial charge is 0.501 e. The summed E-state index contributed by atoms with van der Waals surface area (Å²) in [4.78, 5) is 47.7. The maximum atomic E-state index is 12.9. The van der Waals surface area contributed by atoms with E-state index in [1.165, 1.54) is 18.2 Å². The molecule has 0 spiro atoms. The van der Waals surface area contributed by atoms with Gasteiger partial charge < -0.3 is 27.5 Å². The SMILES string of the molecule is CCO[Si](CCCOc1c([N+](=O)[O-])cc2c(-c3ccccc3C(=O)O)c3cc([N+](=O)[O-])c(=O)c(Br)c-3oc2c1Br)(OCC)OCC. The average Bonchev–Trinajstić information content (AvgIpc) is 3.01. The molecule has 244 valence electrons. The number of ether oxygens (including phenoxy) is 1. The van der Waals surface area contributed by atoms with Crippen LogP contribution in [0, 0.1) is 20.2 Å². The number of nitro groups is 2. The number of aromatic carboxylic acids is 1. The van der Waals surface area contributed by atoms with Crippen LogP contribution < -0.4 is 10.2 Å². The molecule has 4 rings (SSSR count). The zero-order valence-electron chi connectivity index (χ0n) is 24.8. The van der Waals surface area contributed by atoms with Gasteiger partial charge in [-0.1, -0.05) is 18.2 Å². The summed E-state index contributed by atoms with van der Waals surface area (Å²) in [7, 11) is -3.02. The second-order valence-electron chi connectivity index (χ2n) is 9.61. The van der Waals surface area contributed by atoms with E-state index >= 15 is 0 Å². The fraction of sp³-hybridized carbons (Fsp3) is 0.310. The lowest BCUT2D eigenvalue weighted by Gasteiger charge is -2.28. The van der Waals surface area contributed by atoms with Crippen LogP contribution in [-0.2, 0) is 13.3 Å². The minimum absolute atomic E-state index is 0.00416. The van der Waals surface area contributed by atoms with Crippen LogP contribution in [0.4, 0.5) is 11.4 Å². The van der Waals surface area contributed by atoms with E-state index in [-0.39, 0.29) is 60.3 Å². The van der Waals surface area contributed by atoms with Crippen molar-refractivity contribution in [3.05, 3.63) is 81.4 Å². The molecule has 17 heteroatoms. The molecule has 0 unspecified atom stereocenters. The van der Waals surface area contributed by atoms with Crippen LogP contribution in [0.25, 0.3) is 33.4 Å². The van der Waals surface area contributed by atoms with Gasteiger partial charge in [0.15, 0.2) is 11.3 Å². The number of halogens is 2. The van der Waals surface area contributed by atoms with Crippen LogP contribution in [0.3, 0.4) is 0 Å². The molecule has 0 bridgehead atoms. The van der Waals surface area contributed by atoms with Crippen molar-refractivity contribution in [3.8, 4) is 28.2 Å². The van der Waals surface area contributed by atoms with E-state index in [1.54, 1.807) is 6.07 Å². The highest BCUT2D eigenvalue weighted by Crippen LogP contribution is 2.50. The van der Waals surface area contributed by atoms with Crippen LogP contribution in [0.5, 0.6) is 5.75 Å². The van der Waals surface area contributed by atoms with Gasteiger partial charge in [0.2, 0.25) is 5.75 Å². The fourth-order valence-electron chi connectivity index (χ4n) is 5.07. The lowest BCUT2D eigenvalue weighted by molar-refractivity contribution is -0.386. The number of carboxylic acids is 1. The van der Waals surface area contributed by atoms with Crippen molar-refractivity contribution in [2.24, 2.45) is 0 Å². The van der Waals surface area contributed by atoms with Gasteiger partial charge in [0, 0.05) is 54.5 Å². The van der Waals surface area contributed by atoms with Crippen LogP contribution >= 0.6 is 31.9 Å². The molecule has 0 fully saturated rings. The molecule has 0 amide bonds. The first-order chi connectivity index (χ1) is 21.9. The van der Waals surface area contributed by atoms with Crippen LogP contribution in [0.1, 0.15) is 37.6 Å². The Morgan fingerprint density at radius 1 is 0.935 bits per heavy atom. The molecular weight excluding hydrogens is 756 g/mol. The van der Waals surface area contributed by atoms with Crippen LogP contribution in [0.2, 0.25) is 6.04 Å². The third-order valence-corrected chi connectivity index (χ3v) is 11.4. The molecule has 2 aromatic rings. The van der Waals surface area contributed by atoms with E-state index in [0.29, 0.717) is 32.3 Å². The van der Waals surface area contributed by atoms with Crippen molar-refractivity contribution in [2.45, 2.75) is 33.2 Å². The van der Waals surface area contributed by atoms with Crippen LogP contribution in [-0.4, -0.2) is 56.2 Å². The van der Waals surface area contributed by atoms with Gasteiger partial charge >= 0.3 is 26.1 Å². The number of nitro benzene ring substituents is 2. The molecule has 46 heavy (non-hydrogen) atoms. The Kier molecular flexibility index (Phi) is 11.3. The second kappa shape index (κ2) is 14.8. The molecule has 14 nitrogen and oxygen atoms in total. The number of hydrogen-bond acceptors (Lipinski definition) is 11. The molecule has 1 heterocycles. The number of carbonyl (C=O) groups is 1. The number of rotatable bonds is 15. The Labute approximate surface area is 279 Å². The summed E-state index contributed by atoms with van der Waals surface area (Å²) in [6.07, 6.45) is 0.356. The highest BCUT2D eigenvalue weighted by Gasteiger charge is 2.40. The highest BCUT2D eigenvalue weighted by molar-refractivity contribution is 9.11. The number of hydrogen-bond donors (Lipinski definition) is 1.